The molecule has 1 heterocycles. The second-order valence-electron chi connectivity index (χ2n) is 10.00. The number of Topliss-reactive ketones (excluding diaryl/α,β-unsaturated/α-hetero) is 1. The number of methoxy groups -OCH3 is 1. The summed E-state index contributed by atoms with van der Waals surface area (Å²) in [7, 11) is 1.61. The van der Waals surface area contributed by atoms with Gasteiger partial charge in [-0.25, -0.2) is 0 Å². The third-order valence-electron chi connectivity index (χ3n) is 6.69. The number of carbonyl (C=O) groups is 1. The predicted molar refractivity (Wildman–Crippen MR) is 148 cm³/mol. The van der Waals surface area contributed by atoms with Crippen LogP contribution in [0.3, 0.4) is 0 Å². The molecule has 0 spiro atoms. The third kappa shape index (κ3) is 5.68. The van der Waals surface area contributed by atoms with Gasteiger partial charge in [0.05, 0.1) is 24.2 Å². The number of allylic oxidation sites excluding steroid dienone is 3. The molecule has 0 saturated carbocycles. The van der Waals surface area contributed by atoms with Gasteiger partial charge in [-0.15, -0.1) is 0 Å². The van der Waals surface area contributed by atoms with Crippen LogP contribution in [0.15, 0.2) is 63.5 Å². The monoisotopic (exact) mass is 603 g/mol. The van der Waals surface area contributed by atoms with Crippen molar-refractivity contribution >= 4 is 44.9 Å². The minimum atomic E-state index is -0.657. The zero-order valence-corrected chi connectivity index (χ0v) is 24.0. The molecule has 194 valence electrons. The topological polar surface area (TPSA) is 88.6 Å². The van der Waals surface area contributed by atoms with Gasteiger partial charge >= 0.3 is 0 Å². The molecule has 0 bridgehead atoms. The van der Waals surface area contributed by atoms with Crippen LogP contribution in [-0.4, -0.2) is 30.9 Å². The van der Waals surface area contributed by atoms with Crippen molar-refractivity contribution in [3.8, 4) is 11.8 Å². The molecule has 0 saturated heterocycles. The Kier molecular flexibility index (Phi) is 8.25. The standard InChI is InChI=1S/C28H28BrCl2N3O3/c1-28(2)12-22-26(23(35)13-28)25(20(14-32)27(33)34(22)8-9-36-3)19-10-17(29)5-7-24(19)37-15-16-4-6-18(30)11-21(16)31/h4-7,10-11,25H,8-9,12-13,15,33H2,1-3H3/t25-/m0/s1. The van der Waals surface area contributed by atoms with Gasteiger partial charge in [-0.1, -0.05) is 59.0 Å². The first-order valence-electron chi connectivity index (χ1n) is 11.8. The molecule has 0 radical (unpaired) electrons. The largest absolute Gasteiger partial charge is 0.489 e. The van der Waals surface area contributed by atoms with E-state index in [4.69, 9.17) is 38.4 Å². The highest BCUT2D eigenvalue weighted by Gasteiger charge is 2.45. The molecule has 2 N–H and O–H groups in total. The average molecular weight is 605 g/mol. The van der Waals surface area contributed by atoms with Crippen LogP contribution in [0.5, 0.6) is 5.75 Å². The van der Waals surface area contributed by atoms with Gasteiger partial charge in [0.1, 0.15) is 18.2 Å². The summed E-state index contributed by atoms with van der Waals surface area (Å²) in [4.78, 5) is 15.6. The molecule has 0 fully saturated rings. The maximum atomic E-state index is 13.7. The number of nitriles is 1. The lowest BCUT2D eigenvalue weighted by Gasteiger charge is -2.44. The molecule has 1 aliphatic heterocycles. The van der Waals surface area contributed by atoms with E-state index in [0.29, 0.717) is 64.3 Å². The van der Waals surface area contributed by atoms with Crippen LogP contribution in [0.25, 0.3) is 0 Å². The van der Waals surface area contributed by atoms with Crippen LogP contribution < -0.4 is 10.5 Å². The van der Waals surface area contributed by atoms with E-state index in [1.54, 1.807) is 19.2 Å². The van der Waals surface area contributed by atoms with Crippen molar-refractivity contribution in [2.24, 2.45) is 11.1 Å². The van der Waals surface area contributed by atoms with E-state index >= 15 is 0 Å². The molecular formula is C28H28BrCl2N3O3. The van der Waals surface area contributed by atoms with Crippen LogP contribution in [0.2, 0.25) is 10.0 Å². The van der Waals surface area contributed by atoms with Crippen molar-refractivity contribution < 1.29 is 14.3 Å². The Morgan fingerprint density at radius 2 is 1.97 bits per heavy atom. The lowest BCUT2D eigenvalue weighted by atomic mass is 9.68. The molecule has 1 atom stereocenters. The Labute approximate surface area is 235 Å². The highest BCUT2D eigenvalue weighted by molar-refractivity contribution is 9.10. The molecule has 2 aromatic carbocycles. The van der Waals surface area contributed by atoms with Gasteiger partial charge < -0.3 is 20.1 Å². The van der Waals surface area contributed by atoms with Crippen molar-refractivity contribution in [2.75, 3.05) is 20.3 Å². The van der Waals surface area contributed by atoms with Gasteiger partial charge in [0, 0.05) is 57.0 Å². The molecule has 37 heavy (non-hydrogen) atoms. The number of hydrogen-bond donors (Lipinski definition) is 1. The molecule has 0 unspecified atom stereocenters. The number of nitrogens with zero attached hydrogens (tertiary/aromatic N) is 2. The first-order valence-corrected chi connectivity index (χ1v) is 13.4. The molecule has 0 amide bonds. The van der Waals surface area contributed by atoms with Crippen molar-refractivity contribution in [1.29, 1.82) is 5.26 Å². The van der Waals surface area contributed by atoms with Crippen LogP contribution in [0.4, 0.5) is 0 Å². The number of ether oxygens (including phenoxy) is 2. The number of ketones is 1. The normalized spacial score (nSPS) is 19.1. The summed E-state index contributed by atoms with van der Waals surface area (Å²) in [5, 5.41) is 11.3. The van der Waals surface area contributed by atoms with Crippen molar-refractivity contribution in [3.63, 3.8) is 0 Å². The fourth-order valence-electron chi connectivity index (χ4n) is 4.99. The number of benzene rings is 2. The molecule has 6 nitrogen and oxygen atoms in total. The maximum absolute atomic E-state index is 13.7. The Hall–Kier alpha value is -2.50. The summed E-state index contributed by atoms with van der Waals surface area (Å²) in [5.74, 6) is 0.219. The van der Waals surface area contributed by atoms with E-state index in [0.717, 1.165) is 15.7 Å². The van der Waals surface area contributed by atoms with E-state index in [2.05, 4.69) is 35.8 Å². The zero-order valence-electron chi connectivity index (χ0n) is 20.9. The summed E-state index contributed by atoms with van der Waals surface area (Å²) in [6.45, 7) is 5.18. The van der Waals surface area contributed by atoms with E-state index in [-0.39, 0.29) is 17.8 Å². The minimum absolute atomic E-state index is 0.00517. The quantitative estimate of drug-likeness (QED) is 0.377. The molecule has 4 rings (SSSR count). The van der Waals surface area contributed by atoms with Gasteiger partial charge in [0.15, 0.2) is 5.78 Å². The lowest BCUT2D eigenvalue weighted by Crippen LogP contribution is -2.43. The predicted octanol–water partition coefficient (Wildman–Crippen LogP) is 6.72. The van der Waals surface area contributed by atoms with Crippen molar-refractivity contribution in [1.82, 2.24) is 4.90 Å². The van der Waals surface area contributed by atoms with E-state index in [1.165, 1.54) is 0 Å². The molecular weight excluding hydrogens is 577 g/mol. The van der Waals surface area contributed by atoms with Gasteiger partial charge in [-0.3, -0.25) is 4.79 Å². The molecule has 1 aliphatic carbocycles. The lowest BCUT2D eigenvalue weighted by molar-refractivity contribution is -0.118. The van der Waals surface area contributed by atoms with E-state index < -0.39 is 5.92 Å². The summed E-state index contributed by atoms with van der Waals surface area (Å²) >= 11 is 16.0. The summed E-state index contributed by atoms with van der Waals surface area (Å²) in [5.41, 5.74) is 9.59. The van der Waals surface area contributed by atoms with Gasteiger partial charge in [0.25, 0.3) is 0 Å². The molecule has 9 heteroatoms. The highest BCUT2D eigenvalue weighted by Crippen LogP contribution is 2.50. The fraction of sp³-hybridized carbons (Fsp3) is 0.357. The van der Waals surface area contributed by atoms with E-state index in [9.17, 15) is 10.1 Å². The fourth-order valence-corrected chi connectivity index (χ4v) is 5.84. The van der Waals surface area contributed by atoms with Crippen molar-refractivity contribution in [3.05, 3.63) is 84.7 Å². The molecule has 2 aliphatic rings. The number of nitrogens with two attached hydrogens (primary N) is 1. The Balaban J connectivity index is 1.84. The first kappa shape index (κ1) is 27.5. The van der Waals surface area contributed by atoms with E-state index in [1.807, 2.05) is 29.2 Å². The Morgan fingerprint density at radius 3 is 2.65 bits per heavy atom. The Bertz CT molecular complexity index is 1350. The number of rotatable bonds is 7. The van der Waals surface area contributed by atoms with Crippen LogP contribution >= 0.6 is 39.1 Å². The second-order valence-corrected chi connectivity index (χ2v) is 11.8. The van der Waals surface area contributed by atoms with Crippen LogP contribution in [0.1, 0.15) is 43.7 Å². The molecule has 2 aromatic rings. The van der Waals surface area contributed by atoms with Gasteiger partial charge in [-0.2, -0.15) is 5.26 Å². The zero-order chi connectivity index (χ0) is 26.9. The summed E-state index contributed by atoms with van der Waals surface area (Å²) in [6.07, 6.45) is 1.03. The van der Waals surface area contributed by atoms with Crippen molar-refractivity contribution in [2.45, 2.75) is 39.2 Å². The maximum Gasteiger partial charge on any atom is 0.162 e. The summed E-state index contributed by atoms with van der Waals surface area (Å²) < 4.78 is 12.3. The minimum Gasteiger partial charge on any atom is -0.489 e. The smallest absolute Gasteiger partial charge is 0.162 e. The first-order chi connectivity index (χ1) is 17.6. The third-order valence-corrected chi connectivity index (χ3v) is 7.77. The second kappa shape index (κ2) is 11.1. The number of carbonyl (C=O) groups excluding carboxylic acids is 1. The van der Waals surface area contributed by atoms with Gasteiger partial charge in [0.2, 0.25) is 0 Å². The SMILES string of the molecule is COCCN1C(N)=C(C#N)[C@H](c2cc(Br)ccc2OCc2ccc(Cl)cc2Cl)C2=C1CC(C)(C)CC2=O. The Morgan fingerprint density at radius 1 is 1.22 bits per heavy atom. The molecule has 0 aromatic heterocycles. The highest BCUT2D eigenvalue weighted by atomic mass is 79.9. The van der Waals surface area contributed by atoms with Crippen LogP contribution in [0, 0.1) is 16.7 Å². The van der Waals surface area contributed by atoms with Crippen LogP contribution in [-0.2, 0) is 16.1 Å². The van der Waals surface area contributed by atoms with Gasteiger partial charge in [-0.05, 0) is 42.2 Å². The average Bonchev–Trinajstić information content (AvgIpc) is 2.82. The number of hydrogen-bond acceptors (Lipinski definition) is 6. The summed E-state index contributed by atoms with van der Waals surface area (Å²) in [6, 6.07) is 13.1. The number of halogens is 3.